The number of oxime groups is 1. The number of hydrogen-bond acceptors (Lipinski definition) is 5. The van der Waals surface area contributed by atoms with Crippen LogP contribution in [0.3, 0.4) is 0 Å². The van der Waals surface area contributed by atoms with Crippen LogP contribution in [0.25, 0.3) is 6.08 Å². The Labute approximate surface area is 139 Å². The molecule has 5 nitrogen and oxygen atoms in total. The third-order valence-electron chi connectivity index (χ3n) is 3.33. The lowest BCUT2D eigenvalue weighted by Crippen LogP contribution is -2.20. The molecule has 0 radical (unpaired) electrons. The van der Waals surface area contributed by atoms with Crippen LogP contribution in [0.1, 0.15) is 16.7 Å². The first kappa shape index (κ1) is 17.8. The molecule has 0 saturated heterocycles. The van der Waals surface area contributed by atoms with E-state index < -0.39 is 26.5 Å². The molecule has 3 N–H and O–H groups in total. The largest absolute Gasteiger partial charge is 0.410 e. The molecule has 2 rings (SSSR count). The molecule has 0 aliphatic rings. The minimum atomic E-state index is -3.98. The Hall–Kier alpha value is -2.51. The second-order valence-corrected chi connectivity index (χ2v) is 6.96. The number of halogens is 1. The molecule has 0 amide bonds. The van der Waals surface area contributed by atoms with Crippen LogP contribution >= 0.6 is 0 Å². The zero-order valence-corrected chi connectivity index (χ0v) is 13.6. The fourth-order valence-corrected chi connectivity index (χ4v) is 3.21. The Balaban J connectivity index is 2.17. The van der Waals surface area contributed by atoms with Crippen molar-refractivity contribution in [3.05, 3.63) is 77.1 Å². The van der Waals surface area contributed by atoms with Gasteiger partial charge in [-0.3, -0.25) is 0 Å². The quantitative estimate of drug-likeness (QED) is 0.376. The highest BCUT2D eigenvalue weighted by atomic mass is 32.2. The smallest absolute Gasteiger partial charge is 0.204 e. The molecule has 7 heteroatoms. The summed E-state index contributed by atoms with van der Waals surface area (Å²) in [6.45, 7) is 0.428. The molecular formula is C17H17FN2O3S. The monoisotopic (exact) mass is 348 g/mol. The van der Waals surface area contributed by atoms with Crippen molar-refractivity contribution in [1.29, 1.82) is 0 Å². The number of rotatable bonds is 5. The summed E-state index contributed by atoms with van der Waals surface area (Å²) in [4.78, 5) is 0. The van der Waals surface area contributed by atoms with E-state index in [0.717, 1.165) is 17.2 Å². The van der Waals surface area contributed by atoms with Crippen molar-refractivity contribution < 1.29 is 18.0 Å². The summed E-state index contributed by atoms with van der Waals surface area (Å²) in [7, 11) is -3.98. The molecule has 0 aromatic heterocycles. The van der Waals surface area contributed by atoms with Crippen LogP contribution in [0.5, 0.6) is 0 Å². The molecule has 2 aromatic rings. The average Bonchev–Trinajstić information content (AvgIpc) is 2.57. The van der Waals surface area contributed by atoms with E-state index in [1.807, 2.05) is 24.3 Å². The molecule has 0 bridgehead atoms. The van der Waals surface area contributed by atoms with Crippen molar-refractivity contribution in [3.8, 4) is 0 Å². The van der Waals surface area contributed by atoms with Gasteiger partial charge in [0.15, 0.2) is 0 Å². The maximum Gasteiger partial charge on any atom is 0.204 e. The summed E-state index contributed by atoms with van der Waals surface area (Å²) in [6, 6.07) is 12.5. The van der Waals surface area contributed by atoms with E-state index in [2.05, 4.69) is 5.16 Å². The highest BCUT2D eigenvalue weighted by molar-refractivity contribution is 8.07. The first-order valence-corrected chi connectivity index (χ1v) is 8.78. The van der Waals surface area contributed by atoms with Gasteiger partial charge in [0, 0.05) is 6.54 Å². The molecular weight excluding hydrogens is 331 g/mol. The van der Waals surface area contributed by atoms with E-state index in [-0.39, 0.29) is 5.56 Å². The lowest BCUT2D eigenvalue weighted by atomic mass is 10.1. The Kier molecular flexibility index (Phi) is 5.83. The van der Waals surface area contributed by atoms with Crippen molar-refractivity contribution in [3.63, 3.8) is 0 Å². The van der Waals surface area contributed by atoms with E-state index in [1.165, 1.54) is 24.3 Å². The van der Waals surface area contributed by atoms with Gasteiger partial charge in [-0.15, -0.1) is 0 Å². The van der Waals surface area contributed by atoms with Gasteiger partial charge in [0.1, 0.15) is 5.82 Å². The van der Waals surface area contributed by atoms with Crippen molar-refractivity contribution in [1.82, 2.24) is 0 Å². The van der Waals surface area contributed by atoms with Gasteiger partial charge in [-0.2, -0.15) is 0 Å². The molecule has 0 fully saturated rings. The second-order valence-electron chi connectivity index (χ2n) is 5.01. The van der Waals surface area contributed by atoms with E-state index in [4.69, 9.17) is 10.9 Å². The van der Waals surface area contributed by atoms with Gasteiger partial charge < -0.3 is 10.9 Å². The summed E-state index contributed by atoms with van der Waals surface area (Å²) >= 11 is 0. The summed E-state index contributed by atoms with van der Waals surface area (Å²) < 4.78 is 38.3. The molecule has 0 atom stereocenters. The molecule has 0 aliphatic heterocycles. The highest BCUT2D eigenvalue weighted by Crippen LogP contribution is 2.13. The van der Waals surface area contributed by atoms with E-state index in [0.29, 0.717) is 6.54 Å². The van der Waals surface area contributed by atoms with Crippen molar-refractivity contribution in [2.75, 3.05) is 5.75 Å². The van der Waals surface area contributed by atoms with Crippen LogP contribution in [-0.4, -0.2) is 24.4 Å². The zero-order chi connectivity index (χ0) is 17.6. The number of nitrogens with zero attached hydrogens (tertiary/aromatic N) is 1. The Bertz CT molecular complexity index is 860. The van der Waals surface area contributed by atoms with E-state index in [9.17, 15) is 12.8 Å². The lowest BCUT2D eigenvalue weighted by molar-refractivity contribution is 0.320. The number of nitrogens with two attached hydrogens (primary N) is 1. The molecule has 126 valence electrons. The molecule has 2 aromatic carbocycles. The van der Waals surface area contributed by atoms with Crippen LogP contribution in [0.2, 0.25) is 0 Å². The lowest BCUT2D eigenvalue weighted by Gasteiger charge is -2.05. The SMILES string of the molecule is NCc1ccc(C=CCS(=O)(=O)C(=NO)c2ccccc2F)cc1. The van der Waals surface area contributed by atoms with E-state index >= 15 is 0 Å². The first-order chi connectivity index (χ1) is 11.5. The van der Waals surface area contributed by atoms with Crippen molar-refractivity contribution in [2.24, 2.45) is 10.9 Å². The van der Waals surface area contributed by atoms with Gasteiger partial charge in [0.2, 0.25) is 14.9 Å². The predicted octanol–water partition coefficient (Wildman–Crippen LogP) is 2.55. The Morgan fingerprint density at radius 1 is 1.17 bits per heavy atom. The number of benzene rings is 2. The van der Waals surface area contributed by atoms with Crippen LogP contribution in [0, 0.1) is 5.82 Å². The van der Waals surface area contributed by atoms with Crippen LogP contribution in [0.15, 0.2) is 59.8 Å². The average molecular weight is 348 g/mol. The Morgan fingerprint density at radius 2 is 1.83 bits per heavy atom. The van der Waals surface area contributed by atoms with Gasteiger partial charge in [-0.25, -0.2) is 12.8 Å². The third-order valence-corrected chi connectivity index (χ3v) is 4.85. The van der Waals surface area contributed by atoms with Crippen LogP contribution in [0.4, 0.5) is 4.39 Å². The molecule has 24 heavy (non-hydrogen) atoms. The minimum absolute atomic E-state index is 0.263. The van der Waals surface area contributed by atoms with Gasteiger partial charge in [-0.1, -0.05) is 53.7 Å². The molecule has 0 unspecified atom stereocenters. The van der Waals surface area contributed by atoms with E-state index in [1.54, 1.807) is 6.08 Å². The minimum Gasteiger partial charge on any atom is -0.410 e. The second kappa shape index (κ2) is 7.85. The normalized spacial score (nSPS) is 12.7. The molecule has 0 spiro atoms. The van der Waals surface area contributed by atoms with Gasteiger partial charge >= 0.3 is 0 Å². The Morgan fingerprint density at radius 3 is 2.42 bits per heavy atom. The summed E-state index contributed by atoms with van der Waals surface area (Å²) in [6.07, 6.45) is 3.03. The van der Waals surface area contributed by atoms with Crippen LogP contribution < -0.4 is 5.73 Å². The van der Waals surface area contributed by atoms with Gasteiger partial charge in [0.05, 0.1) is 11.3 Å². The number of sulfone groups is 1. The molecule has 0 heterocycles. The van der Waals surface area contributed by atoms with Crippen LogP contribution in [-0.2, 0) is 16.4 Å². The molecule has 0 saturated carbocycles. The third kappa shape index (κ3) is 4.27. The summed E-state index contributed by atoms with van der Waals surface area (Å²) in [5.41, 5.74) is 7.01. The van der Waals surface area contributed by atoms with Crippen molar-refractivity contribution in [2.45, 2.75) is 6.54 Å². The van der Waals surface area contributed by atoms with Gasteiger partial charge in [-0.05, 0) is 23.3 Å². The maximum atomic E-state index is 13.7. The van der Waals surface area contributed by atoms with Gasteiger partial charge in [0.25, 0.3) is 0 Å². The fourth-order valence-electron chi connectivity index (χ4n) is 2.07. The zero-order valence-electron chi connectivity index (χ0n) is 12.8. The van der Waals surface area contributed by atoms with Crippen molar-refractivity contribution >= 4 is 21.0 Å². The number of hydrogen-bond donors (Lipinski definition) is 2. The predicted molar refractivity (Wildman–Crippen MR) is 91.9 cm³/mol. The summed E-state index contributed by atoms with van der Waals surface area (Å²) in [5, 5.41) is 11.1. The summed E-state index contributed by atoms with van der Waals surface area (Å²) in [5.74, 6) is -1.19. The highest BCUT2D eigenvalue weighted by Gasteiger charge is 2.23. The first-order valence-electron chi connectivity index (χ1n) is 7.13. The topological polar surface area (TPSA) is 92.8 Å². The fraction of sp³-hybridized carbons (Fsp3) is 0.118. The standard InChI is InChI=1S/C17H17FN2O3S/c18-16-6-2-1-5-15(16)17(20-21)24(22,23)11-3-4-13-7-9-14(12-19)10-8-13/h1-10,21H,11-12,19H2. The maximum absolute atomic E-state index is 13.7. The molecule has 0 aliphatic carbocycles.